The Bertz CT molecular complexity index is 1390. The predicted molar refractivity (Wildman–Crippen MR) is 170 cm³/mol. The number of anilines is 3. The van der Waals surface area contributed by atoms with Gasteiger partial charge in [0.1, 0.15) is 30.5 Å². The summed E-state index contributed by atoms with van der Waals surface area (Å²) in [5.74, 6) is 2.31. The number of hydrogen-bond acceptors (Lipinski definition) is 12. The highest BCUT2D eigenvalue weighted by molar-refractivity contribution is 6.16. The molecule has 0 saturated carbocycles. The monoisotopic (exact) mass is 589 g/mol. The molecule has 5 rings (SSSR count). The Morgan fingerprint density at radius 2 is 1.84 bits per heavy atom. The molecule has 3 heterocycles. The van der Waals surface area contributed by atoms with Crippen molar-refractivity contribution in [3.05, 3.63) is 83.0 Å². The fraction of sp³-hybridized carbons (Fsp3) is 0.387. The lowest BCUT2D eigenvalue weighted by Crippen LogP contribution is -2.35. The van der Waals surface area contributed by atoms with Crippen molar-refractivity contribution in [2.24, 2.45) is 5.73 Å². The Balaban J connectivity index is 0.00000121. The van der Waals surface area contributed by atoms with E-state index < -0.39 is 0 Å². The van der Waals surface area contributed by atoms with Crippen molar-refractivity contribution < 1.29 is 14.1 Å². The smallest absolute Gasteiger partial charge is 0.174 e. The maximum atomic E-state index is 8.91. The van der Waals surface area contributed by atoms with Crippen LogP contribution in [0.2, 0.25) is 0 Å². The van der Waals surface area contributed by atoms with Crippen LogP contribution in [0.5, 0.6) is 0 Å². The first kappa shape index (κ1) is 33.1. The van der Waals surface area contributed by atoms with Gasteiger partial charge in [-0.25, -0.2) is 9.97 Å². The van der Waals surface area contributed by atoms with Gasteiger partial charge in [0.25, 0.3) is 0 Å². The second-order valence-electron chi connectivity index (χ2n) is 10.9. The summed E-state index contributed by atoms with van der Waals surface area (Å²) in [6.45, 7) is 12.5. The van der Waals surface area contributed by atoms with E-state index >= 15 is 0 Å². The van der Waals surface area contributed by atoms with Crippen LogP contribution in [0.25, 0.3) is 0 Å². The van der Waals surface area contributed by atoms with E-state index in [4.69, 9.17) is 25.2 Å². The highest BCUT2D eigenvalue weighted by atomic mass is 16.5. The van der Waals surface area contributed by atoms with E-state index in [-0.39, 0.29) is 23.0 Å². The number of carbonyl (C=O) groups is 1. The van der Waals surface area contributed by atoms with Crippen LogP contribution in [0.15, 0.2) is 65.1 Å². The average Bonchev–Trinajstić information content (AvgIpc) is 3.50. The molecule has 2 aliphatic rings. The van der Waals surface area contributed by atoms with Crippen molar-refractivity contribution >= 4 is 30.0 Å². The first-order chi connectivity index (χ1) is 20.8. The third-order valence-corrected chi connectivity index (χ3v) is 6.82. The first-order valence-corrected chi connectivity index (χ1v) is 14.1. The highest BCUT2D eigenvalue weighted by Crippen LogP contribution is 2.27. The molecule has 1 atom stereocenters. The van der Waals surface area contributed by atoms with Gasteiger partial charge in [-0.2, -0.15) is 0 Å². The molecule has 1 fully saturated rings. The summed E-state index contributed by atoms with van der Waals surface area (Å²) < 4.78 is 10.9. The molecule has 7 N–H and O–H groups in total. The van der Waals surface area contributed by atoms with Crippen molar-refractivity contribution in [1.29, 1.82) is 5.41 Å². The van der Waals surface area contributed by atoms with Crippen LogP contribution in [0, 0.1) is 5.41 Å². The van der Waals surface area contributed by atoms with E-state index in [2.05, 4.69) is 81.4 Å². The van der Waals surface area contributed by atoms with Gasteiger partial charge in [0.05, 0.1) is 24.5 Å². The molecular weight excluding hydrogens is 546 g/mol. The summed E-state index contributed by atoms with van der Waals surface area (Å²) in [6.07, 6.45) is 8.28. The third-order valence-electron chi connectivity index (χ3n) is 6.82. The second kappa shape index (κ2) is 15.7. The lowest BCUT2D eigenvalue weighted by atomic mass is 9.93. The number of carbonyl (C=O) groups excluding carboxylic acids is 1. The number of nitrogens with two attached hydrogens (primary N) is 2. The van der Waals surface area contributed by atoms with Crippen molar-refractivity contribution in [2.45, 2.75) is 45.2 Å². The largest absolute Gasteiger partial charge is 0.383 e. The zero-order chi connectivity index (χ0) is 31.4. The Hall–Kier alpha value is -4.39. The minimum atomic E-state index is -0.103. The molecule has 12 heteroatoms. The number of aromatic nitrogens is 3. The summed E-state index contributed by atoms with van der Waals surface area (Å²) in [5, 5.41) is 19.8. The SMILES string of the molecule is C=O.CC(C)(C)c1cc(NC2=CCC(Nc3ncnc(N)c3C(=N)c3ccc(CN4CCOCC4)cc3)C=C2)no1.CN. The number of nitrogen functional groups attached to an aromatic ring is 1. The van der Waals surface area contributed by atoms with Gasteiger partial charge in [-0.05, 0) is 25.1 Å². The number of ether oxygens (including phenoxy) is 1. The standard InChI is InChI=1S/C29H36N8O2.CH5N.CH2O/c1-29(2,3)23-16-24(36-39-23)34-21-8-10-22(11-9-21)35-28-25(27(31)32-18-33-28)26(30)20-6-4-19(5-7-20)17-37-12-14-38-15-13-37;2*1-2/h4-10,16,18,22,30H,11-15,17H2,1-3H3,(H,34,36)(H3,31,32,33,35);2H2,1H3;1H2. The van der Waals surface area contributed by atoms with Gasteiger partial charge in [0.2, 0.25) is 0 Å². The molecule has 3 aromatic rings. The highest BCUT2D eigenvalue weighted by Gasteiger charge is 2.21. The van der Waals surface area contributed by atoms with Crippen molar-refractivity contribution in [3.8, 4) is 0 Å². The van der Waals surface area contributed by atoms with Crippen molar-refractivity contribution in [2.75, 3.05) is 49.7 Å². The van der Waals surface area contributed by atoms with Crippen molar-refractivity contribution in [3.63, 3.8) is 0 Å². The molecule has 43 heavy (non-hydrogen) atoms. The number of nitrogens with zero attached hydrogens (tertiary/aromatic N) is 4. The van der Waals surface area contributed by atoms with Crippen LogP contribution in [0.4, 0.5) is 17.5 Å². The normalized spacial score (nSPS) is 16.6. The van der Waals surface area contributed by atoms with Crippen LogP contribution >= 0.6 is 0 Å². The zero-order valence-electron chi connectivity index (χ0n) is 25.4. The van der Waals surface area contributed by atoms with Gasteiger partial charge in [-0.3, -0.25) is 10.3 Å². The molecule has 1 aliphatic heterocycles. The van der Waals surface area contributed by atoms with E-state index in [0.29, 0.717) is 17.2 Å². The van der Waals surface area contributed by atoms with Crippen molar-refractivity contribution in [1.82, 2.24) is 20.0 Å². The molecule has 1 aliphatic carbocycles. The second-order valence-corrected chi connectivity index (χ2v) is 10.9. The number of benzene rings is 1. The molecule has 0 bridgehead atoms. The van der Waals surface area contributed by atoms with Crippen LogP contribution in [0.1, 0.15) is 49.6 Å². The molecule has 1 saturated heterocycles. The quantitative estimate of drug-likeness (QED) is 0.242. The van der Waals surface area contributed by atoms with E-state index in [1.54, 1.807) is 0 Å². The minimum Gasteiger partial charge on any atom is -0.383 e. The molecule has 12 nitrogen and oxygen atoms in total. The van der Waals surface area contributed by atoms with Gasteiger partial charge in [-0.15, -0.1) is 0 Å². The Morgan fingerprint density at radius 1 is 1.14 bits per heavy atom. The Labute approximate surface area is 253 Å². The molecule has 1 unspecified atom stereocenters. The Kier molecular flexibility index (Phi) is 12.1. The fourth-order valence-electron chi connectivity index (χ4n) is 4.52. The number of nitrogens with one attached hydrogen (secondary N) is 3. The van der Waals surface area contributed by atoms with E-state index in [1.165, 1.54) is 18.9 Å². The molecule has 0 amide bonds. The number of allylic oxidation sites excluding steroid dienone is 1. The molecular formula is C31H43N9O3. The first-order valence-electron chi connectivity index (χ1n) is 14.1. The lowest BCUT2D eigenvalue weighted by Gasteiger charge is -2.26. The summed E-state index contributed by atoms with van der Waals surface area (Å²) in [6, 6.07) is 9.96. The summed E-state index contributed by atoms with van der Waals surface area (Å²) >= 11 is 0. The fourth-order valence-corrected chi connectivity index (χ4v) is 4.52. The minimum absolute atomic E-state index is 0.0188. The topological polar surface area (TPSA) is 181 Å². The van der Waals surface area contributed by atoms with Gasteiger partial charge in [0, 0.05) is 48.4 Å². The number of hydrogen-bond donors (Lipinski definition) is 5. The summed E-state index contributed by atoms with van der Waals surface area (Å²) in [4.78, 5) is 19.0. The van der Waals surface area contributed by atoms with Crippen LogP contribution in [-0.4, -0.2) is 71.9 Å². The zero-order valence-corrected chi connectivity index (χ0v) is 25.4. The summed E-state index contributed by atoms with van der Waals surface area (Å²) in [7, 11) is 1.50. The van der Waals surface area contributed by atoms with E-state index in [9.17, 15) is 0 Å². The van der Waals surface area contributed by atoms with Gasteiger partial charge >= 0.3 is 0 Å². The molecule has 230 valence electrons. The third kappa shape index (κ3) is 9.05. The van der Waals surface area contributed by atoms with Gasteiger partial charge in [-0.1, -0.05) is 62.3 Å². The number of morpholine rings is 1. The van der Waals surface area contributed by atoms with Crippen LogP contribution in [0.3, 0.4) is 0 Å². The Morgan fingerprint density at radius 3 is 2.44 bits per heavy atom. The predicted octanol–water partition coefficient (Wildman–Crippen LogP) is 3.72. The molecule has 2 aromatic heterocycles. The summed E-state index contributed by atoms with van der Waals surface area (Å²) in [5.41, 5.74) is 14.3. The van der Waals surface area contributed by atoms with Gasteiger partial charge in [0.15, 0.2) is 5.82 Å². The van der Waals surface area contributed by atoms with Crippen LogP contribution < -0.4 is 22.1 Å². The maximum Gasteiger partial charge on any atom is 0.174 e. The number of rotatable bonds is 8. The molecule has 1 aromatic carbocycles. The van der Waals surface area contributed by atoms with E-state index in [1.807, 2.05) is 31.1 Å². The maximum absolute atomic E-state index is 8.91. The molecule has 0 spiro atoms. The van der Waals surface area contributed by atoms with Crippen LogP contribution in [-0.2, 0) is 21.5 Å². The van der Waals surface area contributed by atoms with Gasteiger partial charge < -0.3 is 36.2 Å². The molecule has 0 radical (unpaired) electrons. The average molecular weight is 590 g/mol. The lowest BCUT2D eigenvalue weighted by molar-refractivity contribution is -0.0980. The van der Waals surface area contributed by atoms with E-state index in [0.717, 1.165) is 56.3 Å².